The number of hydrogen-bond donors (Lipinski definition) is 1. The summed E-state index contributed by atoms with van der Waals surface area (Å²) in [7, 11) is 1.57. The minimum Gasteiger partial charge on any atom is -0.481 e. The molecule has 0 saturated carbocycles. The zero-order valence-corrected chi connectivity index (χ0v) is 11.3. The van der Waals surface area contributed by atoms with Crippen LogP contribution in [0.3, 0.4) is 0 Å². The van der Waals surface area contributed by atoms with E-state index in [2.05, 4.69) is 35.6 Å². The number of morpholine rings is 1. The molecule has 100 valence electrons. The van der Waals surface area contributed by atoms with Crippen molar-refractivity contribution < 1.29 is 9.47 Å². The molecule has 18 heavy (non-hydrogen) atoms. The summed E-state index contributed by atoms with van der Waals surface area (Å²) in [4.78, 5) is 10.4. The standard InChI is InChI=1S/C12H20N4O2/c1-8-6-16(7-12(2,3)18-8)9-5-10(17-4)15-11(13)14-9/h5,8H,6-7H2,1-4H3,(H2,13,14,15). The Kier molecular flexibility index (Phi) is 3.30. The van der Waals surface area contributed by atoms with E-state index in [1.165, 1.54) is 0 Å². The summed E-state index contributed by atoms with van der Waals surface area (Å²) in [5.74, 6) is 1.48. The average Bonchev–Trinajstić information content (AvgIpc) is 2.25. The van der Waals surface area contributed by atoms with Crippen molar-refractivity contribution in [2.75, 3.05) is 30.8 Å². The van der Waals surface area contributed by atoms with E-state index in [1.807, 2.05) is 0 Å². The van der Waals surface area contributed by atoms with Crippen molar-refractivity contribution in [2.24, 2.45) is 0 Å². The normalized spacial score (nSPS) is 22.9. The molecule has 0 aliphatic carbocycles. The van der Waals surface area contributed by atoms with Crippen LogP contribution in [0.5, 0.6) is 5.88 Å². The van der Waals surface area contributed by atoms with Crippen LogP contribution < -0.4 is 15.4 Å². The van der Waals surface area contributed by atoms with Gasteiger partial charge in [0, 0.05) is 19.2 Å². The third-order valence-electron chi connectivity index (χ3n) is 2.81. The Balaban J connectivity index is 2.27. The Morgan fingerprint density at radius 1 is 1.50 bits per heavy atom. The quantitative estimate of drug-likeness (QED) is 0.848. The highest BCUT2D eigenvalue weighted by Gasteiger charge is 2.32. The molecule has 0 aromatic carbocycles. The molecule has 1 aromatic heterocycles. The van der Waals surface area contributed by atoms with Gasteiger partial charge in [-0.05, 0) is 20.8 Å². The molecule has 2 N–H and O–H groups in total. The summed E-state index contributed by atoms with van der Waals surface area (Å²) in [6.07, 6.45) is 0.149. The highest BCUT2D eigenvalue weighted by atomic mass is 16.5. The largest absolute Gasteiger partial charge is 0.481 e. The molecule has 0 amide bonds. The monoisotopic (exact) mass is 252 g/mol. The van der Waals surface area contributed by atoms with E-state index >= 15 is 0 Å². The average molecular weight is 252 g/mol. The van der Waals surface area contributed by atoms with Crippen molar-refractivity contribution in [1.82, 2.24) is 9.97 Å². The number of methoxy groups -OCH3 is 1. The second-order valence-electron chi connectivity index (χ2n) is 5.20. The first-order chi connectivity index (χ1) is 8.39. The maximum Gasteiger partial charge on any atom is 0.225 e. The van der Waals surface area contributed by atoms with Gasteiger partial charge in [0.05, 0.1) is 18.8 Å². The van der Waals surface area contributed by atoms with Gasteiger partial charge in [0.2, 0.25) is 11.8 Å². The zero-order chi connectivity index (χ0) is 13.3. The predicted octanol–water partition coefficient (Wildman–Crippen LogP) is 1.07. The third-order valence-corrected chi connectivity index (χ3v) is 2.81. The molecular weight excluding hydrogens is 232 g/mol. The molecule has 0 radical (unpaired) electrons. The fourth-order valence-corrected chi connectivity index (χ4v) is 2.33. The van der Waals surface area contributed by atoms with E-state index in [1.54, 1.807) is 13.2 Å². The predicted molar refractivity (Wildman–Crippen MR) is 69.8 cm³/mol. The number of rotatable bonds is 2. The molecule has 0 bridgehead atoms. The van der Waals surface area contributed by atoms with Crippen LogP contribution >= 0.6 is 0 Å². The summed E-state index contributed by atoms with van der Waals surface area (Å²) in [5, 5.41) is 0. The van der Waals surface area contributed by atoms with E-state index in [0.717, 1.165) is 18.9 Å². The number of nitrogen functional groups attached to an aromatic ring is 1. The van der Waals surface area contributed by atoms with Gasteiger partial charge < -0.3 is 20.1 Å². The van der Waals surface area contributed by atoms with E-state index in [9.17, 15) is 0 Å². The van der Waals surface area contributed by atoms with E-state index in [0.29, 0.717) is 5.88 Å². The van der Waals surface area contributed by atoms with Crippen LogP contribution in [0.1, 0.15) is 20.8 Å². The van der Waals surface area contributed by atoms with Gasteiger partial charge >= 0.3 is 0 Å². The highest BCUT2D eigenvalue weighted by molar-refractivity contribution is 5.46. The molecular formula is C12H20N4O2. The van der Waals surface area contributed by atoms with Crippen LogP contribution in [-0.4, -0.2) is 41.9 Å². The third kappa shape index (κ3) is 2.81. The minimum atomic E-state index is -0.204. The molecule has 2 heterocycles. The van der Waals surface area contributed by atoms with Gasteiger partial charge in [-0.25, -0.2) is 0 Å². The number of aromatic nitrogens is 2. The van der Waals surface area contributed by atoms with Gasteiger partial charge in [-0.1, -0.05) is 0 Å². The van der Waals surface area contributed by atoms with Crippen molar-refractivity contribution in [1.29, 1.82) is 0 Å². The number of anilines is 2. The first-order valence-corrected chi connectivity index (χ1v) is 6.01. The van der Waals surface area contributed by atoms with Crippen molar-refractivity contribution in [2.45, 2.75) is 32.5 Å². The Labute approximate surface area is 107 Å². The Morgan fingerprint density at radius 2 is 2.22 bits per heavy atom. The van der Waals surface area contributed by atoms with Gasteiger partial charge in [-0.2, -0.15) is 9.97 Å². The lowest BCUT2D eigenvalue weighted by molar-refractivity contribution is -0.0751. The number of nitrogens with two attached hydrogens (primary N) is 1. The molecule has 1 aliphatic heterocycles. The summed E-state index contributed by atoms with van der Waals surface area (Å²) >= 11 is 0. The Morgan fingerprint density at radius 3 is 2.83 bits per heavy atom. The first-order valence-electron chi connectivity index (χ1n) is 6.01. The molecule has 6 heteroatoms. The number of hydrogen-bond acceptors (Lipinski definition) is 6. The molecule has 1 aliphatic rings. The van der Waals surface area contributed by atoms with E-state index < -0.39 is 0 Å². The van der Waals surface area contributed by atoms with Gasteiger partial charge in [-0.15, -0.1) is 0 Å². The van der Waals surface area contributed by atoms with Crippen LogP contribution in [0.15, 0.2) is 6.07 Å². The fourth-order valence-electron chi connectivity index (χ4n) is 2.33. The van der Waals surface area contributed by atoms with Crippen LogP contribution in [0.4, 0.5) is 11.8 Å². The number of nitrogens with zero attached hydrogens (tertiary/aromatic N) is 3. The topological polar surface area (TPSA) is 73.5 Å². The first kappa shape index (κ1) is 12.9. The van der Waals surface area contributed by atoms with Crippen LogP contribution in [0.25, 0.3) is 0 Å². The minimum absolute atomic E-state index is 0.149. The summed E-state index contributed by atoms with van der Waals surface area (Å²) < 4.78 is 11.0. The lowest BCUT2D eigenvalue weighted by Gasteiger charge is -2.42. The maximum atomic E-state index is 5.86. The van der Waals surface area contributed by atoms with E-state index in [-0.39, 0.29) is 17.7 Å². The van der Waals surface area contributed by atoms with Gasteiger partial charge in [0.15, 0.2) is 0 Å². The highest BCUT2D eigenvalue weighted by Crippen LogP contribution is 2.26. The molecule has 1 atom stereocenters. The van der Waals surface area contributed by atoms with Crippen molar-refractivity contribution in [3.05, 3.63) is 6.07 Å². The molecule has 0 spiro atoms. The fraction of sp³-hybridized carbons (Fsp3) is 0.667. The summed E-state index contributed by atoms with van der Waals surface area (Å²) in [5.41, 5.74) is 5.48. The second kappa shape index (κ2) is 4.61. The summed E-state index contributed by atoms with van der Waals surface area (Å²) in [6.45, 7) is 7.73. The molecule has 1 aromatic rings. The van der Waals surface area contributed by atoms with Gasteiger partial charge in [-0.3, -0.25) is 0 Å². The Bertz CT molecular complexity index is 436. The molecule has 6 nitrogen and oxygen atoms in total. The maximum absolute atomic E-state index is 5.86. The van der Waals surface area contributed by atoms with Crippen molar-refractivity contribution in [3.8, 4) is 5.88 Å². The van der Waals surface area contributed by atoms with Crippen molar-refractivity contribution >= 4 is 11.8 Å². The van der Waals surface area contributed by atoms with Crippen molar-refractivity contribution in [3.63, 3.8) is 0 Å². The van der Waals surface area contributed by atoms with Crippen LogP contribution in [0, 0.1) is 0 Å². The van der Waals surface area contributed by atoms with Gasteiger partial charge in [0.1, 0.15) is 5.82 Å². The lowest BCUT2D eigenvalue weighted by atomic mass is 10.1. The lowest BCUT2D eigenvalue weighted by Crippen LogP contribution is -2.52. The molecule has 1 saturated heterocycles. The van der Waals surface area contributed by atoms with Gasteiger partial charge in [0.25, 0.3) is 0 Å². The Hall–Kier alpha value is -1.56. The van der Waals surface area contributed by atoms with Crippen LogP contribution in [-0.2, 0) is 4.74 Å². The number of ether oxygens (including phenoxy) is 2. The van der Waals surface area contributed by atoms with Crippen LogP contribution in [0.2, 0.25) is 0 Å². The molecule has 1 unspecified atom stereocenters. The van der Waals surface area contributed by atoms with E-state index in [4.69, 9.17) is 15.2 Å². The second-order valence-corrected chi connectivity index (χ2v) is 5.20. The zero-order valence-electron chi connectivity index (χ0n) is 11.3. The smallest absolute Gasteiger partial charge is 0.225 e. The molecule has 1 fully saturated rings. The molecule has 2 rings (SSSR count). The SMILES string of the molecule is COc1cc(N2CC(C)OC(C)(C)C2)nc(N)n1. The summed E-state index contributed by atoms with van der Waals surface area (Å²) in [6, 6.07) is 1.80.